The Labute approximate surface area is 232 Å². The standard InChI is InChI=1S/C33H41N3O3/c1-35(28-16-10-5-11-17-28)21-19-34-33(37)36-20-18-27-22-30(38-2)31(39-24-25-12-6-3-7-13-25)23-29(27)32(36)26-14-8-4-9-15-26/h3-4,6-9,12-15,22-23,28,32H,5,10-11,16-21,24H2,1-2H3,(H,34,37). The zero-order valence-corrected chi connectivity index (χ0v) is 23.3. The Hall–Kier alpha value is -3.51. The summed E-state index contributed by atoms with van der Waals surface area (Å²) < 4.78 is 12.0. The largest absolute Gasteiger partial charge is 0.493 e. The van der Waals surface area contributed by atoms with E-state index in [1.54, 1.807) is 7.11 Å². The molecule has 1 fully saturated rings. The third kappa shape index (κ3) is 6.56. The van der Waals surface area contributed by atoms with Crippen LogP contribution in [0.4, 0.5) is 4.79 Å². The molecule has 0 spiro atoms. The van der Waals surface area contributed by atoms with Gasteiger partial charge in [0.15, 0.2) is 11.5 Å². The SMILES string of the molecule is COc1cc2c(cc1OCc1ccccc1)C(c1ccccc1)N(C(=O)NCCN(C)C1CCCCC1)CC2. The number of carbonyl (C=O) groups excluding carboxylic acids is 1. The molecular weight excluding hydrogens is 486 g/mol. The van der Waals surface area contributed by atoms with E-state index in [4.69, 9.17) is 9.47 Å². The van der Waals surface area contributed by atoms with Crippen molar-refractivity contribution in [1.29, 1.82) is 0 Å². The third-order valence-corrected chi connectivity index (χ3v) is 8.21. The first-order valence-electron chi connectivity index (χ1n) is 14.3. The Morgan fingerprint density at radius 1 is 0.974 bits per heavy atom. The zero-order chi connectivity index (χ0) is 27.0. The van der Waals surface area contributed by atoms with Gasteiger partial charge < -0.3 is 24.6 Å². The molecule has 39 heavy (non-hydrogen) atoms. The van der Waals surface area contributed by atoms with E-state index in [9.17, 15) is 4.79 Å². The summed E-state index contributed by atoms with van der Waals surface area (Å²) in [6, 6.07) is 25.0. The Balaban J connectivity index is 1.35. The van der Waals surface area contributed by atoms with Crippen molar-refractivity contribution in [3.05, 3.63) is 95.1 Å². The van der Waals surface area contributed by atoms with Crippen LogP contribution in [0.3, 0.4) is 0 Å². The summed E-state index contributed by atoms with van der Waals surface area (Å²) in [7, 11) is 3.87. The number of carbonyl (C=O) groups is 1. The van der Waals surface area contributed by atoms with E-state index < -0.39 is 0 Å². The van der Waals surface area contributed by atoms with E-state index >= 15 is 0 Å². The molecule has 1 atom stereocenters. The van der Waals surface area contributed by atoms with Gasteiger partial charge >= 0.3 is 6.03 Å². The molecule has 0 radical (unpaired) electrons. The molecule has 1 aliphatic carbocycles. The van der Waals surface area contributed by atoms with Gasteiger partial charge in [0.05, 0.1) is 13.2 Å². The topological polar surface area (TPSA) is 54.0 Å². The first-order chi connectivity index (χ1) is 19.1. The van der Waals surface area contributed by atoms with E-state index in [1.165, 1.54) is 37.7 Å². The van der Waals surface area contributed by atoms with Crippen molar-refractivity contribution in [1.82, 2.24) is 15.1 Å². The number of hydrogen-bond donors (Lipinski definition) is 1. The van der Waals surface area contributed by atoms with Crippen molar-refractivity contribution in [2.75, 3.05) is 33.8 Å². The van der Waals surface area contributed by atoms with Gasteiger partial charge in [0.25, 0.3) is 0 Å². The second-order valence-electron chi connectivity index (χ2n) is 10.7. The number of rotatable bonds is 9. The van der Waals surface area contributed by atoms with Gasteiger partial charge in [0.2, 0.25) is 0 Å². The maximum Gasteiger partial charge on any atom is 0.318 e. The number of amides is 2. The molecule has 3 aromatic carbocycles. The number of methoxy groups -OCH3 is 1. The molecule has 0 aromatic heterocycles. The maximum atomic E-state index is 13.6. The maximum absolute atomic E-state index is 13.6. The van der Waals surface area contributed by atoms with Crippen LogP contribution >= 0.6 is 0 Å². The Bertz CT molecular complexity index is 1210. The van der Waals surface area contributed by atoms with Gasteiger partial charge in [0.1, 0.15) is 6.61 Å². The highest BCUT2D eigenvalue weighted by Crippen LogP contribution is 2.41. The minimum absolute atomic E-state index is 0.0193. The highest BCUT2D eigenvalue weighted by atomic mass is 16.5. The summed E-state index contributed by atoms with van der Waals surface area (Å²) in [6.45, 7) is 2.60. The summed E-state index contributed by atoms with van der Waals surface area (Å²) in [6.07, 6.45) is 7.28. The van der Waals surface area contributed by atoms with Gasteiger partial charge in [-0.25, -0.2) is 4.79 Å². The van der Waals surface area contributed by atoms with Crippen LogP contribution in [0.1, 0.15) is 60.4 Å². The number of likely N-dealkylation sites (N-methyl/N-ethyl adjacent to an activating group) is 1. The van der Waals surface area contributed by atoms with Crippen molar-refractivity contribution in [2.45, 2.75) is 57.2 Å². The zero-order valence-electron chi connectivity index (χ0n) is 23.3. The molecule has 0 bridgehead atoms. The molecular formula is C33H41N3O3. The second-order valence-corrected chi connectivity index (χ2v) is 10.7. The Morgan fingerprint density at radius 2 is 1.69 bits per heavy atom. The molecule has 1 saturated carbocycles. The quantitative estimate of drug-likeness (QED) is 0.360. The molecule has 1 heterocycles. The van der Waals surface area contributed by atoms with E-state index in [0.717, 1.165) is 35.4 Å². The normalized spacial score (nSPS) is 17.5. The van der Waals surface area contributed by atoms with Crippen LogP contribution in [0.15, 0.2) is 72.8 Å². The molecule has 1 N–H and O–H groups in total. The lowest BCUT2D eigenvalue weighted by Gasteiger charge is -2.38. The van der Waals surface area contributed by atoms with Crippen LogP contribution in [0.2, 0.25) is 0 Å². The highest BCUT2D eigenvalue weighted by molar-refractivity contribution is 5.76. The van der Waals surface area contributed by atoms with Gasteiger partial charge in [-0.05, 0) is 60.7 Å². The van der Waals surface area contributed by atoms with E-state index in [-0.39, 0.29) is 12.1 Å². The molecule has 6 heteroatoms. The number of nitrogens with zero attached hydrogens (tertiary/aromatic N) is 2. The summed E-state index contributed by atoms with van der Waals surface area (Å²) >= 11 is 0. The lowest BCUT2D eigenvalue weighted by molar-refractivity contribution is 0.170. The van der Waals surface area contributed by atoms with Crippen LogP contribution < -0.4 is 14.8 Å². The lowest BCUT2D eigenvalue weighted by atomic mass is 9.88. The first kappa shape index (κ1) is 27.1. The number of fused-ring (bicyclic) bond motifs is 1. The highest BCUT2D eigenvalue weighted by Gasteiger charge is 2.33. The van der Waals surface area contributed by atoms with Crippen molar-refractivity contribution >= 4 is 6.03 Å². The molecule has 6 nitrogen and oxygen atoms in total. The average molecular weight is 528 g/mol. The molecule has 1 unspecified atom stereocenters. The third-order valence-electron chi connectivity index (χ3n) is 8.21. The van der Waals surface area contributed by atoms with Crippen LogP contribution in [0.25, 0.3) is 0 Å². The predicted molar refractivity (Wildman–Crippen MR) is 155 cm³/mol. The van der Waals surface area contributed by atoms with Crippen molar-refractivity contribution < 1.29 is 14.3 Å². The fraction of sp³-hybridized carbons (Fsp3) is 0.424. The van der Waals surface area contributed by atoms with Gasteiger partial charge in [-0.2, -0.15) is 0 Å². The molecule has 5 rings (SSSR count). The molecule has 2 amide bonds. The van der Waals surface area contributed by atoms with Crippen molar-refractivity contribution in [3.8, 4) is 11.5 Å². The molecule has 0 saturated heterocycles. The smallest absolute Gasteiger partial charge is 0.318 e. The lowest BCUT2D eigenvalue weighted by Crippen LogP contribution is -2.48. The number of hydrogen-bond acceptors (Lipinski definition) is 4. The fourth-order valence-electron chi connectivity index (χ4n) is 5.99. The minimum Gasteiger partial charge on any atom is -0.493 e. The number of urea groups is 1. The first-order valence-corrected chi connectivity index (χ1v) is 14.3. The van der Waals surface area contributed by atoms with Gasteiger partial charge in [-0.3, -0.25) is 0 Å². The summed E-state index contributed by atoms with van der Waals surface area (Å²) in [4.78, 5) is 18.0. The monoisotopic (exact) mass is 527 g/mol. The van der Waals surface area contributed by atoms with Crippen molar-refractivity contribution in [3.63, 3.8) is 0 Å². The van der Waals surface area contributed by atoms with E-state index in [2.05, 4.69) is 53.7 Å². The van der Waals surface area contributed by atoms with Crippen LogP contribution in [0.5, 0.6) is 11.5 Å². The number of ether oxygens (including phenoxy) is 2. The fourth-order valence-corrected chi connectivity index (χ4v) is 5.99. The summed E-state index contributed by atoms with van der Waals surface area (Å²) in [5, 5.41) is 3.23. The predicted octanol–water partition coefficient (Wildman–Crippen LogP) is 6.20. The molecule has 206 valence electrons. The Kier molecular flexibility index (Phi) is 9.04. The van der Waals surface area contributed by atoms with E-state index in [0.29, 0.717) is 31.5 Å². The Morgan fingerprint density at radius 3 is 2.41 bits per heavy atom. The van der Waals surface area contributed by atoms with Gasteiger partial charge in [-0.1, -0.05) is 79.9 Å². The molecule has 3 aromatic rings. The number of benzene rings is 3. The molecule has 2 aliphatic rings. The van der Waals surface area contributed by atoms with Crippen LogP contribution in [-0.4, -0.2) is 55.7 Å². The molecule has 1 aliphatic heterocycles. The minimum atomic E-state index is -0.198. The average Bonchev–Trinajstić information content (AvgIpc) is 3.00. The van der Waals surface area contributed by atoms with Gasteiger partial charge in [-0.15, -0.1) is 0 Å². The van der Waals surface area contributed by atoms with E-state index in [1.807, 2.05) is 41.3 Å². The summed E-state index contributed by atoms with van der Waals surface area (Å²) in [5.41, 5.74) is 4.46. The van der Waals surface area contributed by atoms with Crippen LogP contribution in [-0.2, 0) is 13.0 Å². The number of nitrogens with one attached hydrogen (secondary N) is 1. The second kappa shape index (κ2) is 13.0. The van der Waals surface area contributed by atoms with Gasteiger partial charge in [0, 0.05) is 25.7 Å². The van der Waals surface area contributed by atoms with Crippen LogP contribution in [0, 0.1) is 0 Å². The summed E-state index contributed by atoms with van der Waals surface area (Å²) in [5.74, 6) is 1.41. The van der Waals surface area contributed by atoms with Crippen molar-refractivity contribution in [2.24, 2.45) is 0 Å².